The molecule has 0 aliphatic carbocycles. The van der Waals surface area contributed by atoms with Gasteiger partial charge in [0.05, 0.1) is 24.1 Å². The number of nitrogens with zero attached hydrogens (tertiary/aromatic N) is 2. The van der Waals surface area contributed by atoms with Crippen LogP contribution in [0.2, 0.25) is 0 Å². The van der Waals surface area contributed by atoms with E-state index in [0.717, 1.165) is 11.4 Å². The van der Waals surface area contributed by atoms with Gasteiger partial charge in [-0.2, -0.15) is 5.10 Å². The summed E-state index contributed by atoms with van der Waals surface area (Å²) >= 11 is 0. The van der Waals surface area contributed by atoms with Crippen LogP contribution >= 0.6 is 0 Å². The van der Waals surface area contributed by atoms with E-state index < -0.39 is 5.97 Å². The van der Waals surface area contributed by atoms with Crippen molar-refractivity contribution in [2.24, 2.45) is 7.05 Å². The van der Waals surface area contributed by atoms with Crippen molar-refractivity contribution < 1.29 is 19.4 Å². The Morgan fingerprint density at radius 1 is 1.35 bits per heavy atom. The molecule has 1 heterocycles. The predicted octanol–water partition coefficient (Wildman–Crippen LogP) is 2.01. The van der Waals surface area contributed by atoms with E-state index >= 15 is 0 Å². The quantitative estimate of drug-likeness (QED) is 0.904. The number of methoxy groups -OCH3 is 1. The van der Waals surface area contributed by atoms with Gasteiger partial charge < -0.3 is 14.6 Å². The lowest BCUT2D eigenvalue weighted by Gasteiger charge is -2.11. The summed E-state index contributed by atoms with van der Waals surface area (Å²) in [6.07, 6.45) is 0. The first-order valence-corrected chi connectivity index (χ1v) is 6.05. The summed E-state index contributed by atoms with van der Waals surface area (Å²) in [5.41, 5.74) is 1.95. The fourth-order valence-corrected chi connectivity index (χ4v) is 1.87. The maximum absolute atomic E-state index is 11.0. The number of carboxylic acid groups (broad SMARTS) is 1. The van der Waals surface area contributed by atoms with Gasteiger partial charge in [-0.3, -0.25) is 4.68 Å². The second-order valence-electron chi connectivity index (χ2n) is 4.36. The number of hydrogen-bond acceptors (Lipinski definition) is 4. The molecule has 0 aliphatic rings. The van der Waals surface area contributed by atoms with Crippen LogP contribution < -0.4 is 9.47 Å². The number of hydrogen-bond donors (Lipinski definition) is 1. The summed E-state index contributed by atoms with van der Waals surface area (Å²) in [5.74, 6) is -0.117. The maximum Gasteiger partial charge on any atom is 0.335 e. The first-order valence-electron chi connectivity index (χ1n) is 6.05. The molecule has 0 fully saturated rings. The van der Waals surface area contributed by atoms with Gasteiger partial charge in [-0.25, -0.2) is 4.79 Å². The Morgan fingerprint density at radius 3 is 2.65 bits per heavy atom. The van der Waals surface area contributed by atoms with Crippen LogP contribution in [0, 0.1) is 6.92 Å². The average molecular weight is 276 g/mol. The molecule has 0 saturated carbocycles. The first-order chi connectivity index (χ1) is 9.51. The lowest BCUT2D eigenvalue weighted by molar-refractivity contribution is 0.0696. The molecule has 0 amide bonds. The van der Waals surface area contributed by atoms with Crippen LogP contribution in [0.4, 0.5) is 0 Å². The Hall–Kier alpha value is -2.50. The molecule has 1 aromatic heterocycles. The minimum Gasteiger partial charge on any atom is -0.493 e. The van der Waals surface area contributed by atoms with Crippen LogP contribution in [0.1, 0.15) is 21.7 Å². The Bertz CT molecular complexity index is 634. The Morgan fingerprint density at radius 2 is 2.10 bits per heavy atom. The molecular weight excluding hydrogens is 260 g/mol. The van der Waals surface area contributed by atoms with E-state index in [0.29, 0.717) is 11.5 Å². The van der Waals surface area contributed by atoms with Gasteiger partial charge in [0.25, 0.3) is 0 Å². The molecule has 2 rings (SSSR count). The number of rotatable bonds is 5. The van der Waals surface area contributed by atoms with Gasteiger partial charge in [0, 0.05) is 7.05 Å². The number of carbonyl (C=O) groups is 1. The fraction of sp³-hybridized carbons (Fsp3) is 0.286. The van der Waals surface area contributed by atoms with Crippen molar-refractivity contribution in [3.05, 3.63) is 41.2 Å². The van der Waals surface area contributed by atoms with Gasteiger partial charge in [0.15, 0.2) is 11.5 Å². The average Bonchev–Trinajstić information content (AvgIpc) is 2.74. The number of aryl methyl sites for hydroxylation is 2. The molecular formula is C14H16N2O4. The smallest absolute Gasteiger partial charge is 0.335 e. The molecule has 20 heavy (non-hydrogen) atoms. The number of aromatic nitrogens is 2. The van der Waals surface area contributed by atoms with Crippen molar-refractivity contribution in [3.8, 4) is 11.5 Å². The summed E-state index contributed by atoms with van der Waals surface area (Å²) < 4.78 is 12.5. The molecule has 0 unspecified atom stereocenters. The van der Waals surface area contributed by atoms with Crippen molar-refractivity contribution in [1.82, 2.24) is 9.78 Å². The topological polar surface area (TPSA) is 73.6 Å². The van der Waals surface area contributed by atoms with Crippen molar-refractivity contribution in [2.75, 3.05) is 7.11 Å². The summed E-state index contributed by atoms with van der Waals surface area (Å²) in [6, 6.07) is 6.41. The molecule has 0 atom stereocenters. The van der Waals surface area contributed by atoms with Gasteiger partial charge in [0.2, 0.25) is 0 Å². The zero-order valence-electron chi connectivity index (χ0n) is 11.6. The van der Waals surface area contributed by atoms with Crippen LogP contribution in [0.25, 0.3) is 0 Å². The standard InChI is InChI=1S/C14H16N2O4/c1-9-6-11(16(2)15-9)8-20-13-7-10(14(17)18)4-5-12(13)19-3/h4-7H,8H2,1-3H3,(H,17,18). The number of ether oxygens (including phenoxy) is 2. The van der Waals surface area contributed by atoms with E-state index in [1.54, 1.807) is 10.7 Å². The third-order valence-electron chi connectivity index (χ3n) is 2.89. The molecule has 0 saturated heterocycles. The van der Waals surface area contributed by atoms with E-state index in [1.807, 2.05) is 20.0 Å². The van der Waals surface area contributed by atoms with E-state index in [4.69, 9.17) is 14.6 Å². The molecule has 2 aromatic rings. The summed E-state index contributed by atoms with van der Waals surface area (Å²) in [5, 5.41) is 13.2. The highest BCUT2D eigenvalue weighted by atomic mass is 16.5. The third kappa shape index (κ3) is 2.90. The fourth-order valence-electron chi connectivity index (χ4n) is 1.87. The molecule has 0 bridgehead atoms. The molecule has 0 spiro atoms. The van der Waals surface area contributed by atoms with E-state index in [-0.39, 0.29) is 12.2 Å². The largest absolute Gasteiger partial charge is 0.493 e. The van der Waals surface area contributed by atoms with Crippen molar-refractivity contribution in [1.29, 1.82) is 0 Å². The first kappa shape index (κ1) is 13.9. The molecule has 6 nitrogen and oxygen atoms in total. The lowest BCUT2D eigenvalue weighted by Crippen LogP contribution is -2.05. The van der Waals surface area contributed by atoms with Crippen molar-refractivity contribution >= 4 is 5.97 Å². The van der Waals surface area contributed by atoms with Crippen molar-refractivity contribution in [2.45, 2.75) is 13.5 Å². The monoisotopic (exact) mass is 276 g/mol. The summed E-state index contributed by atoms with van der Waals surface area (Å²) in [4.78, 5) is 11.0. The highest BCUT2D eigenvalue weighted by molar-refractivity contribution is 5.88. The minimum absolute atomic E-state index is 0.155. The zero-order chi connectivity index (χ0) is 14.7. The summed E-state index contributed by atoms with van der Waals surface area (Å²) in [6.45, 7) is 2.19. The van der Waals surface area contributed by atoms with Crippen LogP contribution in [0.15, 0.2) is 24.3 Å². The van der Waals surface area contributed by atoms with Gasteiger partial charge in [0.1, 0.15) is 6.61 Å². The van der Waals surface area contributed by atoms with Crippen molar-refractivity contribution in [3.63, 3.8) is 0 Å². The van der Waals surface area contributed by atoms with Crippen LogP contribution in [-0.2, 0) is 13.7 Å². The number of aromatic carboxylic acids is 1. The van der Waals surface area contributed by atoms with Crippen LogP contribution in [0.3, 0.4) is 0 Å². The Labute approximate surface area is 116 Å². The predicted molar refractivity (Wildman–Crippen MR) is 72.2 cm³/mol. The van der Waals surface area contributed by atoms with E-state index in [1.165, 1.54) is 19.2 Å². The molecule has 106 valence electrons. The van der Waals surface area contributed by atoms with E-state index in [9.17, 15) is 4.79 Å². The zero-order valence-corrected chi connectivity index (χ0v) is 11.6. The Kier molecular flexibility index (Phi) is 3.93. The number of benzene rings is 1. The second kappa shape index (κ2) is 5.64. The highest BCUT2D eigenvalue weighted by Gasteiger charge is 2.11. The van der Waals surface area contributed by atoms with Gasteiger partial charge in [-0.1, -0.05) is 0 Å². The number of carboxylic acids is 1. The lowest BCUT2D eigenvalue weighted by atomic mass is 10.2. The Balaban J connectivity index is 2.21. The molecule has 1 aromatic carbocycles. The van der Waals surface area contributed by atoms with Crippen LogP contribution in [-0.4, -0.2) is 28.0 Å². The van der Waals surface area contributed by atoms with Gasteiger partial charge >= 0.3 is 5.97 Å². The normalized spacial score (nSPS) is 10.3. The highest BCUT2D eigenvalue weighted by Crippen LogP contribution is 2.28. The summed E-state index contributed by atoms with van der Waals surface area (Å²) in [7, 11) is 3.34. The van der Waals surface area contributed by atoms with Crippen LogP contribution in [0.5, 0.6) is 11.5 Å². The van der Waals surface area contributed by atoms with Gasteiger partial charge in [-0.15, -0.1) is 0 Å². The van der Waals surface area contributed by atoms with E-state index in [2.05, 4.69) is 5.10 Å². The third-order valence-corrected chi connectivity index (χ3v) is 2.89. The van der Waals surface area contributed by atoms with Gasteiger partial charge in [-0.05, 0) is 31.2 Å². The minimum atomic E-state index is -1.01. The molecule has 6 heteroatoms. The maximum atomic E-state index is 11.0. The second-order valence-corrected chi connectivity index (χ2v) is 4.36. The molecule has 1 N–H and O–H groups in total. The molecule has 0 radical (unpaired) electrons. The molecule has 0 aliphatic heterocycles. The SMILES string of the molecule is COc1ccc(C(=O)O)cc1OCc1cc(C)nn1C.